The zero-order chi connectivity index (χ0) is 17.4. The largest absolute Gasteiger partial charge is 0.350 e. The minimum atomic E-state index is -0.333. The normalized spacial score (nSPS) is 10.1. The lowest BCUT2D eigenvalue weighted by molar-refractivity contribution is -0.121. The lowest BCUT2D eigenvalue weighted by Gasteiger charge is -2.21. The first-order valence-electron chi connectivity index (χ1n) is 7.70. The van der Waals surface area contributed by atoms with E-state index in [4.69, 9.17) is 0 Å². The Kier molecular flexibility index (Phi) is 6.31. The number of hydrogen-bond acceptors (Lipinski definition) is 2. The molecule has 0 atom stereocenters. The van der Waals surface area contributed by atoms with E-state index in [1.165, 1.54) is 17.0 Å². The maximum absolute atomic E-state index is 12.8. The molecule has 0 spiro atoms. The van der Waals surface area contributed by atoms with Crippen molar-refractivity contribution in [3.63, 3.8) is 0 Å². The Balaban J connectivity index is 1.83. The molecule has 2 aromatic rings. The summed E-state index contributed by atoms with van der Waals surface area (Å²) in [5.41, 5.74) is 1.47. The van der Waals surface area contributed by atoms with Crippen LogP contribution in [-0.2, 0) is 11.3 Å². The second kappa shape index (κ2) is 8.67. The molecule has 126 valence electrons. The fourth-order valence-electron chi connectivity index (χ4n) is 2.08. The molecule has 0 aliphatic carbocycles. The van der Waals surface area contributed by atoms with Gasteiger partial charge in [0.15, 0.2) is 0 Å². The number of para-hydroxylation sites is 1. The molecule has 0 radical (unpaired) electrons. The first-order valence-corrected chi connectivity index (χ1v) is 7.70. The quantitative estimate of drug-likeness (QED) is 0.856. The van der Waals surface area contributed by atoms with Crippen LogP contribution in [-0.4, -0.2) is 29.9 Å². The van der Waals surface area contributed by atoms with Gasteiger partial charge < -0.3 is 15.5 Å². The molecular weight excluding hydrogens is 309 g/mol. The van der Waals surface area contributed by atoms with E-state index >= 15 is 0 Å². The number of urea groups is 1. The van der Waals surface area contributed by atoms with E-state index < -0.39 is 0 Å². The second-order valence-electron chi connectivity index (χ2n) is 5.21. The maximum atomic E-state index is 12.8. The maximum Gasteiger partial charge on any atom is 0.322 e. The molecule has 0 fully saturated rings. The summed E-state index contributed by atoms with van der Waals surface area (Å²) in [6, 6.07) is 14.6. The van der Waals surface area contributed by atoms with Gasteiger partial charge in [0.05, 0.1) is 0 Å². The van der Waals surface area contributed by atoms with Crippen LogP contribution in [0.3, 0.4) is 0 Å². The van der Waals surface area contributed by atoms with Crippen molar-refractivity contribution in [1.82, 2.24) is 10.2 Å². The Bertz CT molecular complexity index is 674. The molecule has 0 saturated carbocycles. The van der Waals surface area contributed by atoms with Crippen LogP contribution in [0, 0.1) is 5.82 Å². The second-order valence-corrected chi connectivity index (χ2v) is 5.21. The number of anilines is 1. The van der Waals surface area contributed by atoms with Crippen molar-refractivity contribution in [3.8, 4) is 0 Å². The summed E-state index contributed by atoms with van der Waals surface area (Å²) in [6.07, 6.45) is 0. The van der Waals surface area contributed by atoms with E-state index in [2.05, 4.69) is 10.6 Å². The molecule has 0 heterocycles. The van der Waals surface area contributed by atoms with E-state index in [1.54, 1.807) is 31.2 Å². The highest BCUT2D eigenvalue weighted by Crippen LogP contribution is 2.06. The highest BCUT2D eigenvalue weighted by molar-refractivity contribution is 5.92. The Labute approximate surface area is 140 Å². The monoisotopic (exact) mass is 329 g/mol. The third-order valence-corrected chi connectivity index (χ3v) is 3.43. The number of likely N-dealkylation sites (N-methyl/N-ethyl adjacent to an activating group) is 1. The number of halogens is 1. The average Bonchev–Trinajstić information content (AvgIpc) is 2.60. The summed E-state index contributed by atoms with van der Waals surface area (Å²) in [4.78, 5) is 25.6. The van der Waals surface area contributed by atoms with Gasteiger partial charge in [0.1, 0.15) is 12.4 Å². The topological polar surface area (TPSA) is 61.4 Å². The summed E-state index contributed by atoms with van der Waals surface area (Å²) >= 11 is 0. The van der Waals surface area contributed by atoms with Crippen LogP contribution >= 0.6 is 0 Å². The summed E-state index contributed by atoms with van der Waals surface area (Å²) in [7, 11) is 0. The van der Waals surface area contributed by atoms with E-state index in [0.29, 0.717) is 12.2 Å². The average molecular weight is 329 g/mol. The highest BCUT2D eigenvalue weighted by Gasteiger charge is 2.15. The first-order chi connectivity index (χ1) is 11.6. The molecule has 2 rings (SSSR count). The predicted octanol–water partition coefficient (Wildman–Crippen LogP) is 3.00. The van der Waals surface area contributed by atoms with Gasteiger partial charge >= 0.3 is 6.03 Å². The smallest absolute Gasteiger partial charge is 0.322 e. The summed E-state index contributed by atoms with van der Waals surface area (Å²) < 4.78 is 12.8. The number of amides is 3. The van der Waals surface area contributed by atoms with Crippen LogP contribution in [0.15, 0.2) is 54.6 Å². The van der Waals surface area contributed by atoms with Gasteiger partial charge in [-0.25, -0.2) is 9.18 Å². The van der Waals surface area contributed by atoms with Crippen molar-refractivity contribution in [3.05, 3.63) is 66.0 Å². The van der Waals surface area contributed by atoms with Crippen molar-refractivity contribution >= 4 is 17.6 Å². The number of nitrogens with one attached hydrogen (secondary N) is 2. The summed E-state index contributed by atoms with van der Waals surface area (Å²) in [5.74, 6) is -0.593. The standard InChI is InChI=1S/C18H20FN3O2/c1-2-22(18(24)21-16-6-4-3-5-7-16)13-17(23)20-12-14-8-10-15(19)11-9-14/h3-11H,2,12-13H2,1H3,(H,20,23)(H,21,24). The molecule has 3 amide bonds. The molecule has 0 aliphatic heterocycles. The molecule has 5 nitrogen and oxygen atoms in total. The molecule has 0 aromatic heterocycles. The van der Waals surface area contributed by atoms with E-state index in [9.17, 15) is 14.0 Å². The minimum absolute atomic E-state index is 0.0453. The lowest BCUT2D eigenvalue weighted by Crippen LogP contribution is -2.42. The van der Waals surface area contributed by atoms with E-state index in [-0.39, 0.29) is 30.8 Å². The van der Waals surface area contributed by atoms with Gasteiger partial charge in [-0.3, -0.25) is 4.79 Å². The van der Waals surface area contributed by atoms with Crippen molar-refractivity contribution in [2.75, 3.05) is 18.4 Å². The number of hydrogen-bond donors (Lipinski definition) is 2. The van der Waals surface area contributed by atoms with Crippen molar-refractivity contribution in [1.29, 1.82) is 0 Å². The molecular formula is C18H20FN3O2. The fourth-order valence-corrected chi connectivity index (χ4v) is 2.08. The minimum Gasteiger partial charge on any atom is -0.350 e. The number of rotatable bonds is 6. The van der Waals surface area contributed by atoms with Gasteiger partial charge in [-0.05, 0) is 36.8 Å². The Morgan fingerprint density at radius 2 is 1.71 bits per heavy atom. The molecule has 24 heavy (non-hydrogen) atoms. The van der Waals surface area contributed by atoms with Gasteiger partial charge in [0, 0.05) is 18.8 Å². The molecule has 0 unspecified atom stereocenters. The van der Waals surface area contributed by atoms with E-state index in [0.717, 1.165) is 5.56 Å². The van der Waals surface area contributed by atoms with Crippen molar-refractivity contribution in [2.24, 2.45) is 0 Å². The molecule has 0 aliphatic rings. The number of nitrogens with zero attached hydrogens (tertiary/aromatic N) is 1. The third kappa shape index (κ3) is 5.39. The number of carbonyl (C=O) groups excluding carboxylic acids is 2. The Morgan fingerprint density at radius 1 is 1.04 bits per heavy atom. The molecule has 6 heteroatoms. The van der Waals surface area contributed by atoms with E-state index in [1.807, 2.05) is 18.2 Å². The molecule has 0 bridgehead atoms. The predicted molar refractivity (Wildman–Crippen MR) is 91.0 cm³/mol. The first kappa shape index (κ1) is 17.5. The zero-order valence-electron chi connectivity index (χ0n) is 13.5. The van der Waals surface area contributed by atoms with Crippen molar-refractivity contribution in [2.45, 2.75) is 13.5 Å². The SMILES string of the molecule is CCN(CC(=O)NCc1ccc(F)cc1)C(=O)Nc1ccccc1. The van der Waals surface area contributed by atoms with Crippen LogP contribution in [0.2, 0.25) is 0 Å². The van der Waals surface area contributed by atoms with Crippen LogP contribution in [0.1, 0.15) is 12.5 Å². The van der Waals surface area contributed by atoms with Gasteiger partial charge in [-0.15, -0.1) is 0 Å². The van der Waals surface area contributed by atoms with Crippen LogP contribution in [0.5, 0.6) is 0 Å². The van der Waals surface area contributed by atoms with Crippen LogP contribution < -0.4 is 10.6 Å². The lowest BCUT2D eigenvalue weighted by atomic mass is 10.2. The highest BCUT2D eigenvalue weighted by atomic mass is 19.1. The Morgan fingerprint density at radius 3 is 2.33 bits per heavy atom. The molecule has 2 N–H and O–H groups in total. The van der Waals surface area contributed by atoms with Gasteiger partial charge in [-0.2, -0.15) is 0 Å². The summed E-state index contributed by atoms with van der Waals surface area (Å²) in [5, 5.41) is 5.46. The molecule has 2 aromatic carbocycles. The third-order valence-electron chi connectivity index (χ3n) is 3.43. The number of carbonyl (C=O) groups is 2. The van der Waals surface area contributed by atoms with Gasteiger partial charge in [0.25, 0.3) is 0 Å². The fraction of sp³-hybridized carbons (Fsp3) is 0.222. The van der Waals surface area contributed by atoms with Crippen LogP contribution in [0.4, 0.5) is 14.9 Å². The van der Waals surface area contributed by atoms with Gasteiger partial charge in [-0.1, -0.05) is 30.3 Å². The summed E-state index contributed by atoms with van der Waals surface area (Å²) in [6.45, 7) is 2.45. The Hall–Kier alpha value is -2.89. The molecule has 0 saturated heterocycles. The zero-order valence-corrected chi connectivity index (χ0v) is 13.5. The van der Waals surface area contributed by atoms with Gasteiger partial charge in [0.2, 0.25) is 5.91 Å². The van der Waals surface area contributed by atoms with Crippen LogP contribution in [0.25, 0.3) is 0 Å². The van der Waals surface area contributed by atoms with Crippen molar-refractivity contribution < 1.29 is 14.0 Å². The number of benzene rings is 2.